The van der Waals surface area contributed by atoms with Crippen LogP contribution in [0.1, 0.15) is 77.6 Å². The van der Waals surface area contributed by atoms with Crippen LogP contribution in [0.5, 0.6) is 0 Å². The van der Waals surface area contributed by atoms with E-state index in [1.165, 1.54) is 44.9 Å². The van der Waals surface area contributed by atoms with Crippen LogP contribution in [0.4, 0.5) is 4.79 Å². The van der Waals surface area contributed by atoms with E-state index in [1.54, 1.807) is 0 Å². The summed E-state index contributed by atoms with van der Waals surface area (Å²) in [7, 11) is 0. The first-order valence-corrected chi connectivity index (χ1v) is 9.93. The lowest BCUT2D eigenvalue weighted by atomic mass is 9.82. The van der Waals surface area contributed by atoms with Gasteiger partial charge in [0.2, 0.25) is 0 Å². The van der Waals surface area contributed by atoms with Crippen LogP contribution in [0.15, 0.2) is 0 Å². The van der Waals surface area contributed by atoms with E-state index in [0.717, 1.165) is 45.3 Å². The second-order valence-corrected chi connectivity index (χ2v) is 7.96. The Morgan fingerprint density at radius 1 is 1.22 bits per heavy atom. The molecule has 1 N–H and O–H groups in total. The quantitative estimate of drug-likeness (QED) is 0.829. The number of hydrogen-bond acceptors (Lipinski definition) is 3. The third-order valence-corrected chi connectivity index (χ3v) is 6.17. The van der Waals surface area contributed by atoms with Gasteiger partial charge in [0.25, 0.3) is 0 Å². The van der Waals surface area contributed by atoms with Gasteiger partial charge in [0, 0.05) is 19.0 Å². The number of amides is 1. The van der Waals surface area contributed by atoms with E-state index in [0.29, 0.717) is 12.0 Å². The Balaban J connectivity index is 1.67. The van der Waals surface area contributed by atoms with Crippen LogP contribution >= 0.6 is 0 Å². The Bertz CT molecular complexity index is 387. The molecule has 4 heteroatoms. The molecule has 2 heterocycles. The second-order valence-electron chi connectivity index (χ2n) is 7.96. The highest BCUT2D eigenvalue weighted by Crippen LogP contribution is 2.38. The number of rotatable bonds is 5. The van der Waals surface area contributed by atoms with Crippen molar-refractivity contribution < 1.29 is 9.53 Å². The van der Waals surface area contributed by atoms with Gasteiger partial charge < -0.3 is 15.0 Å². The molecule has 3 aliphatic rings. The van der Waals surface area contributed by atoms with Crippen molar-refractivity contribution in [3.63, 3.8) is 0 Å². The summed E-state index contributed by atoms with van der Waals surface area (Å²) in [5.41, 5.74) is -0.177. The first-order valence-electron chi connectivity index (χ1n) is 9.93. The molecule has 0 radical (unpaired) electrons. The number of hydrogen-bond donors (Lipinski definition) is 1. The first-order chi connectivity index (χ1) is 11.2. The first kappa shape index (κ1) is 17.1. The molecule has 132 valence electrons. The Hall–Kier alpha value is -0.770. The lowest BCUT2D eigenvalue weighted by Crippen LogP contribution is -2.58. The predicted octanol–water partition coefficient (Wildman–Crippen LogP) is 4.09. The van der Waals surface area contributed by atoms with Crippen molar-refractivity contribution in [1.82, 2.24) is 10.2 Å². The molecule has 1 aliphatic carbocycles. The molecule has 1 amide bonds. The zero-order valence-electron chi connectivity index (χ0n) is 14.8. The standard InChI is InChI=1S/C19H34N2O2/c1-2-3-9-17-14-19(10-12-20-13-11-19)23-18(22)21(17)15-16-7-5-4-6-8-16/h16-17,20H,2-15H2,1H3. The summed E-state index contributed by atoms with van der Waals surface area (Å²) < 4.78 is 6.03. The summed E-state index contributed by atoms with van der Waals surface area (Å²) in [6.07, 6.45) is 13.2. The molecule has 0 aromatic heterocycles. The van der Waals surface area contributed by atoms with E-state index in [1.807, 2.05) is 0 Å². The van der Waals surface area contributed by atoms with E-state index in [4.69, 9.17) is 4.74 Å². The molecule has 3 fully saturated rings. The number of nitrogens with one attached hydrogen (secondary N) is 1. The zero-order valence-corrected chi connectivity index (χ0v) is 14.8. The Kier molecular flexibility index (Phi) is 5.84. The minimum atomic E-state index is -0.177. The summed E-state index contributed by atoms with van der Waals surface area (Å²) >= 11 is 0. The molecule has 0 bridgehead atoms. The van der Waals surface area contributed by atoms with Crippen LogP contribution in [0.25, 0.3) is 0 Å². The van der Waals surface area contributed by atoms with Crippen LogP contribution < -0.4 is 5.32 Å². The van der Waals surface area contributed by atoms with E-state index in [2.05, 4.69) is 17.1 Å². The van der Waals surface area contributed by atoms with Crippen molar-refractivity contribution in [3.05, 3.63) is 0 Å². The third kappa shape index (κ3) is 4.20. The monoisotopic (exact) mass is 322 g/mol. The van der Waals surface area contributed by atoms with Gasteiger partial charge in [-0.3, -0.25) is 0 Å². The fourth-order valence-electron chi connectivity index (χ4n) is 4.73. The number of nitrogens with zero attached hydrogens (tertiary/aromatic N) is 1. The zero-order chi connectivity index (χ0) is 16.1. The maximum atomic E-state index is 12.8. The van der Waals surface area contributed by atoms with Crippen LogP contribution in [-0.2, 0) is 4.74 Å². The highest BCUT2D eigenvalue weighted by molar-refractivity contribution is 5.69. The van der Waals surface area contributed by atoms with Gasteiger partial charge >= 0.3 is 6.09 Å². The normalized spacial score (nSPS) is 28.8. The van der Waals surface area contributed by atoms with Gasteiger partial charge in [-0.2, -0.15) is 0 Å². The molecule has 1 atom stereocenters. The average Bonchev–Trinajstić information content (AvgIpc) is 2.57. The molecular weight excluding hydrogens is 288 g/mol. The topological polar surface area (TPSA) is 41.6 Å². The van der Waals surface area contributed by atoms with Gasteiger partial charge in [-0.25, -0.2) is 4.79 Å². The molecule has 0 aromatic carbocycles. The Labute approximate surface area is 141 Å². The lowest BCUT2D eigenvalue weighted by molar-refractivity contribution is -0.0892. The molecule has 2 saturated heterocycles. The molecule has 0 aromatic rings. The van der Waals surface area contributed by atoms with Crippen molar-refractivity contribution in [2.45, 2.75) is 89.2 Å². The maximum absolute atomic E-state index is 12.8. The van der Waals surface area contributed by atoms with Crippen molar-refractivity contribution in [2.75, 3.05) is 19.6 Å². The SMILES string of the molecule is CCCCC1CC2(CCNCC2)OC(=O)N1CC1CCCCC1. The second kappa shape index (κ2) is 7.87. The van der Waals surface area contributed by atoms with Gasteiger partial charge in [-0.15, -0.1) is 0 Å². The fourth-order valence-corrected chi connectivity index (χ4v) is 4.73. The van der Waals surface area contributed by atoms with Crippen LogP contribution in [-0.4, -0.2) is 42.3 Å². The average molecular weight is 322 g/mol. The smallest absolute Gasteiger partial charge is 0.410 e. The number of piperidine rings is 1. The van der Waals surface area contributed by atoms with Gasteiger partial charge in [0.1, 0.15) is 5.60 Å². The molecule has 2 aliphatic heterocycles. The summed E-state index contributed by atoms with van der Waals surface area (Å²) in [6, 6.07) is 0.399. The van der Waals surface area contributed by atoms with Crippen molar-refractivity contribution in [3.8, 4) is 0 Å². The van der Waals surface area contributed by atoms with Crippen LogP contribution in [0.2, 0.25) is 0 Å². The molecular formula is C19H34N2O2. The summed E-state index contributed by atoms with van der Waals surface area (Å²) in [6.45, 7) is 5.14. The van der Waals surface area contributed by atoms with E-state index in [-0.39, 0.29) is 11.7 Å². The summed E-state index contributed by atoms with van der Waals surface area (Å²) in [5, 5.41) is 3.40. The highest BCUT2D eigenvalue weighted by Gasteiger charge is 2.46. The van der Waals surface area contributed by atoms with Crippen LogP contribution in [0, 0.1) is 5.92 Å². The molecule has 4 nitrogen and oxygen atoms in total. The Morgan fingerprint density at radius 2 is 1.96 bits per heavy atom. The number of carbonyl (C=O) groups is 1. The van der Waals surface area contributed by atoms with E-state index < -0.39 is 0 Å². The predicted molar refractivity (Wildman–Crippen MR) is 92.5 cm³/mol. The van der Waals surface area contributed by atoms with Gasteiger partial charge in [-0.05, 0) is 51.1 Å². The fraction of sp³-hybridized carbons (Fsp3) is 0.947. The molecule has 1 unspecified atom stereocenters. The van der Waals surface area contributed by atoms with Crippen molar-refractivity contribution >= 4 is 6.09 Å². The highest BCUT2D eigenvalue weighted by atomic mass is 16.6. The minimum absolute atomic E-state index is 0.0233. The molecule has 1 spiro atoms. The molecule has 23 heavy (non-hydrogen) atoms. The van der Waals surface area contributed by atoms with Crippen molar-refractivity contribution in [2.24, 2.45) is 5.92 Å². The number of ether oxygens (including phenoxy) is 1. The van der Waals surface area contributed by atoms with Crippen molar-refractivity contribution in [1.29, 1.82) is 0 Å². The van der Waals surface area contributed by atoms with E-state index >= 15 is 0 Å². The summed E-state index contributed by atoms with van der Waals surface area (Å²) in [4.78, 5) is 14.9. The minimum Gasteiger partial charge on any atom is -0.443 e. The third-order valence-electron chi connectivity index (χ3n) is 6.17. The Morgan fingerprint density at radius 3 is 2.65 bits per heavy atom. The largest absolute Gasteiger partial charge is 0.443 e. The number of carbonyl (C=O) groups excluding carboxylic acids is 1. The number of unbranched alkanes of at least 4 members (excludes halogenated alkanes) is 1. The molecule has 3 rings (SSSR count). The van der Waals surface area contributed by atoms with E-state index in [9.17, 15) is 4.79 Å². The van der Waals surface area contributed by atoms with Gasteiger partial charge in [0.05, 0.1) is 0 Å². The summed E-state index contributed by atoms with van der Waals surface area (Å²) in [5.74, 6) is 0.697. The lowest BCUT2D eigenvalue weighted by Gasteiger charge is -2.48. The van der Waals surface area contributed by atoms with Gasteiger partial charge in [0.15, 0.2) is 0 Å². The molecule has 1 saturated carbocycles. The van der Waals surface area contributed by atoms with Crippen LogP contribution in [0.3, 0.4) is 0 Å². The van der Waals surface area contributed by atoms with Gasteiger partial charge in [-0.1, -0.05) is 39.0 Å². The maximum Gasteiger partial charge on any atom is 0.410 e.